The predicted octanol–water partition coefficient (Wildman–Crippen LogP) is 3.93. The molecule has 0 aliphatic heterocycles. The lowest BCUT2D eigenvalue weighted by molar-refractivity contribution is -0.145. The molecule has 1 atom stereocenters. The van der Waals surface area contributed by atoms with Crippen molar-refractivity contribution in [2.24, 2.45) is 0 Å². The van der Waals surface area contributed by atoms with Gasteiger partial charge in [0, 0.05) is 22.7 Å². The molecule has 0 aliphatic carbocycles. The number of nitrogens with zero attached hydrogens (tertiary/aromatic N) is 1. The largest absolute Gasteiger partial charge is 0.464 e. The van der Waals surface area contributed by atoms with Crippen LogP contribution >= 0.6 is 0 Å². The van der Waals surface area contributed by atoms with Gasteiger partial charge in [0.25, 0.3) is 5.91 Å². The topological polar surface area (TPSA) is 84.1 Å². The SMILES string of the molecule is CCOC(=O)[C@H](Cc1ccccc1)NC(=O)c1cc2c([nH]c3ccccc32)c(C)n1. The number of pyridine rings is 1. The van der Waals surface area contributed by atoms with Crippen LogP contribution in [-0.4, -0.2) is 34.5 Å². The molecule has 30 heavy (non-hydrogen) atoms. The van der Waals surface area contributed by atoms with Crippen molar-refractivity contribution >= 4 is 33.7 Å². The zero-order valence-electron chi connectivity index (χ0n) is 16.9. The highest BCUT2D eigenvalue weighted by Crippen LogP contribution is 2.27. The number of aryl methyl sites for hydroxylation is 1. The quantitative estimate of drug-likeness (QED) is 0.480. The molecule has 1 amide bonds. The van der Waals surface area contributed by atoms with Crippen molar-refractivity contribution in [2.75, 3.05) is 6.61 Å². The van der Waals surface area contributed by atoms with Crippen LogP contribution in [0.1, 0.15) is 28.7 Å². The van der Waals surface area contributed by atoms with E-state index in [2.05, 4.69) is 15.3 Å². The van der Waals surface area contributed by atoms with E-state index in [0.717, 1.165) is 33.1 Å². The molecule has 0 unspecified atom stereocenters. The standard InChI is InChI=1S/C24H23N3O3/c1-3-30-24(29)21(13-16-9-5-4-6-10-16)27-23(28)20-14-18-17-11-7-8-12-19(17)26-22(18)15(2)25-20/h4-12,14,21,26H,3,13H2,1-2H3,(H,27,28)/t21-/m0/s1. The molecule has 6 nitrogen and oxygen atoms in total. The number of hydrogen-bond donors (Lipinski definition) is 2. The van der Waals surface area contributed by atoms with Gasteiger partial charge in [0.1, 0.15) is 11.7 Å². The number of carbonyl (C=O) groups is 2. The van der Waals surface area contributed by atoms with E-state index in [0.29, 0.717) is 6.42 Å². The fraction of sp³-hybridized carbons (Fsp3) is 0.208. The molecule has 4 aromatic rings. The number of aromatic amines is 1. The van der Waals surface area contributed by atoms with Crippen molar-refractivity contribution in [1.29, 1.82) is 0 Å². The van der Waals surface area contributed by atoms with E-state index in [4.69, 9.17) is 4.74 Å². The molecule has 2 aromatic heterocycles. The van der Waals surface area contributed by atoms with Gasteiger partial charge in [0.15, 0.2) is 0 Å². The van der Waals surface area contributed by atoms with E-state index < -0.39 is 17.9 Å². The highest BCUT2D eigenvalue weighted by Gasteiger charge is 2.24. The molecule has 0 spiro atoms. The van der Waals surface area contributed by atoms with Gasteiger partial charge in [-0.05, 0) is 31.5 Å². The summed E-state index contributed by atoms with van der Waals surface area (Å²) in [6.07, 6.45) is 0.347. The summed E-state index contributed by atoms with van der Waals surface area (Å²) >= 11 is 0. The lowest BCUT2D eigenvalue weighted by atomic mass is 10.1. The molecule has 2 aromatic carbocycles. The number of nitrogens with one attached hydrogen (secondary N) is 2. The van der Waals surface area contributed by atoms with Crippen LogP contribution in [0.2, 0.25) is 0 Å². The van der Waals surface area contributed by atoms with Crippen LogP contribution in [0, 0.1) is 6.92 Å². The van der Waals surface area contributed by atoms with Gasteiger partial charge in [0.2, 0.25) is 0 Å². The van der Waals surface area contributed by atoms with Crippen molar-refractivity contribution in [3.05, 3.63) is 77.6 Å². The van der Waals surface area contributed by atoms with Crippen LogP contribution in [-0.2, 0) is 16.0 Å². The molecule has 0 fully saturated rings. The van der Waals surface area contributed by atoms with E-state index in [1.54, 1.807) is 13.0 Å². The maximum absolute atomic E-state index is 13.0. The van der Waals surface area contributed by atoms with E-state index in [1.165, 1.54) is 0 Å². The summed E-state index contributed by atoms with van der Waals surface area (Å²) in [7, 11) is 0. The number of ether oxygens (including phenoxy) is 1. The number of carbonyl (C=O) groups excluding carboxylic acids is 2. The van der Waals surface area contributed by atoms with Gasteiger partial charge in [-0.15, -0.1) is 0 Å². The summed E-state index contributed by atoms with van der Waals surface area (Å²) in [4.78, 5) is 33.3. The Balaban J connectivity index is 1.65. The molecule has 2 N–H and O–H groups in total. The molecule has 2 heterocycles. The van der Waals surface area contributed by atoms with Crippen LogP contribution in [0.5, 0.6) is 0 Å². The minimum absolute atomic E-state index is 0.249. The second-order valence-corrected chi connectivity index (χ2v) is 7.15. The normalized spacial score (nSPS) is 12.1. The Morgan fingerprint density at radius 1 is 1.07 bits per heavy atom. The summed E-state index contributed by atoms with van der Waals surface area (Å²) in [5.74, 6) is -0.862. The molecule has 0 bridgehead atoms. The average Bonchev–Trinajstić information content (AvgIpc) is 3.13. The smallest absolute Gasteiger partial charge is 0.328 e. The van der Waals surface area contributed by atoms with E-state index >= 15 is 0 Å². The molecule has 4 rings (SSSR count). The first-order valence-corrected chi connectivity index (χ1v) is 9.96. The summed E-state index contributed by atoms with van der Waals surface area (Å²) in [5.41, 5.74) is 3.83. The van der Waals surface area contributed by atoms with Gasteiger partial charge in [-0.1, -0.05) is 48.5 Å². The number of para-hydroxylation sites is 1. The summed E-state index contributed by atoms with van der Waals surface area (Å²) in [6, 6.07) is 18.4. The molecule has 0 saturated carbocycles. The Morgan fingerprint density at radius 3 is 2.57 bits per heavy atom. The van der Waals surface area contributed by atoms with E-state index in [-0.39, 0.29) is 12.3 Å². The summed E-state index contributed by atoms with van der Waals surface area (Å²) < 4.78 is 5.17. The molecule has 6 heteroatoms. The second kappa shape index (κ2) is 8.37. The molecule has 152 valence electrons. The van der Waals surface area contributed by atoms with Crippen LogP contribution < -0.4 is 5.32 Å². The number of H-pyrrole nitrogens is 1. The fourth-order valence-electron chi connectivity index (χ4n) is 3.64. The molecular weight excluding hydrogens is 378 g/mol. The maximum Gasteiger partial charge on any atom is 0.328 e. The van der Waals surface area contributed by atoms with E-state index in [9.17, 15) is 9.59 Å². The third-order valence-corrected chi connectivity index (χ3v) is 5.07. The Morgan fingerprint density at radius 2 is 1.80 bits per heavy atom. The first kappa shape index (κ1) is 19.6. The van der Waals surface area contributed by atoms with Crippen molar-refractivity contribution in [1.82, 2.24) is 15.3 Å². The molecule has 0 radical (unpaired) electrons. The zero-order chi connectivity index (χ0) is 21.1. The van der Waals surface area contributed by atoms with Gasteiger partial charge in [-0.3, -0.25) is 4.79 Å². The third-order valence-electron chi connectivity index (χ3n) is 5.07. The van der Waals surface area contributed by atoms with Crippen molar-refractivity contribution in [2.45, 2.75) is 26.3 Å². The Labute approximate surface area is 174 Å². The lowest BCUT2D eigenvalue weighted by Crippen LogP contribution is -2.43. The number of rotatable bonds is 6. The Bertz CT molecular complexity index is 1210. The van der Waals surface area contributed by atoms with Crippen molar-refractivity contribution in [3.63, 3.8) is 0 Å². The minimum atomic E-state index is -0.791. The third kappa shape index (κ3) is 3.89. The first-order chi connectivity index (χ1) is 14.6. The van der Waals surface area contributed by atoms with Gasteiger partial charge in [0.05, 0.1) is 17.8 Å². The van der Waals surface area contributed by atoms with Crippen LogP contribution in [0.25, 0.3) is 21.8 Å². The average molecular weight is 401 g/mol. The number of aromatic nitrogens is 2. The van der Waals surface area contributed by atoms with Gasteiger partial charge in [-0.2, -0.15) is 0 Å². The highest BCUT2D eigenvalue weighted by molar-refractivity contribution is 6.10. The number of hydrogen-bond acceptors (Lipinski definition) is 4. The summed E-state index contributed by atoms with van der Waals surface area (Å²) in [6.45, 7) is 3.86. The van der Waals surface area contributed by atoms with Gasteiger partial charge in [-0.25, -0.2) is 9.78 Å². The van der Waals surface area contributed by atoms with Crippen LogP contribution in [0.15, 0.2) is 60.7 Å². The van der Waals surface area contributed by atoms with Crippen molar-refractivity contribution in [3.8, 4) is 0 Å². The Kier molecular flexibility index (Phi) is 5.48. The van der Waals surface area contributed by atoms with Crippen molar-refractivity contribution < 1.29 is 14.3 Å². The van der Waals surface area contributed by atoms with Crippen LogP contribution in [0.4, 0.5) is 0 Å². The fourth-order valence-corrected chi connectivity index (χ4v) is 3.64. The zero-order valence-corrected chi connectivity index (χ0v) is 16.9. The predicted molar refractivity (Wildman–Crippen MR) is 116 cm³/mol. The number of esters is 1. The highest BCUT2D eigenvalue weighted by atomic mass is 16.5. The molecule has 0 aliphatic rings. The lowest BCUT2D eigenvalue weighted by Gasteiger charge is -2.17. The Hall–Kier alpha value is -3.67. The molecular formula is C24H23N3O3. The second-order valence-electron chi connectivity index (χ2n) is 7.15. The number of benzene rings is 2. The summed E-state index contributed by atoms with van der Waals surface area (Å²) in [5, 5.41) is 4.77. The van der Waals surface area contributed by atoms with E-state index in [1.807, 2.05) is 61.5 Å². The maximum atomic E-state index is 13.0. The number of fused-ring (bicyclic) bond motifs is 3. The van der Waals surface area contributed by atoms with Gasteiger partial charge < -0.3 is 15.0 Å². The molecule has 0 saturated heterocycles. The van der Waals surface area contributed by atoms with Gasteiger partial charge >= 0.3 is 5.97 Å². The number of amides is 1. The van der Waals surface area contributed by atoms with Crippen LogP contribution in [0.3, 0.4) is 0 Å². The monoisotopic (exact) mass is 401 g/mol. The first-order valence-electron chi connectivity index (χ1n) is 9.96. The minimum Gasteiger partial charge on any atom is -0.464 e.